The SMILES string of the molecule is CCC(CC)(CNS(=O)(=O)Cc1ccccc1C#N)SC. The van der Waals surface area contributed by atoms with Gasteiger partial charge in [-0.3, -0.25) is 0 Å². The Labute approximate surface area is 132 Å². The van der Waals surface area contributed by atoms with Crippen molar-refractivity contribution in [1.82, 2.24) is 4.72 Å². The second-order valence-corrected chi connectivity index (χ2v) is 8.02. The first-order valence-electron chi connectivity index (χ1n) is 6.92. The topological polar surface area (TPSA) is 70.0 Å². The van der Waals surface area contributed by atoms with Crippen molar-refractivity contribution >= 4 is 21.8 Å². The minimum Gasteiger partial charge on any atom is -0.214 e. The van der Waals surface area contributed by atoms with Crippen LogP contribution in [0.1, 0.15) is 37.8 Å². The number of hydrogen-bond acceptors (Lipinski definition) is 4. The summed E-state index contributed by atoms with van der Waals surface area (Å²) < 4.78 is 27.1. The van der Waals surface area contributed by atoms with Crippen molar-refractivity contribution in [3.05, 3.63) is 35.4 Å². The van der Waals surface area contributed by atoms with Gasteiger partial charge in [-0.15, -0.1) is 0 Å². The van der Waals surface area contributed by atoms with E-state index in [1.54, 1.807) is 36.0 Å². The molecule has 1 aromatic rings. The molecule has 0 aliphatic heterocycles. The highest BCUT2D eigenvalue weighted by Gasteiger charge is 2.27. The lowest BCUT2D eigenvalue weighted by molar-refractivity contribution is 0.521. The average Bonchev–Trinajstić information content (AvgIpc) is 2.49. The maximum atomic E-state index is 12.2. The Morgan fingerprint density at radius 3 is 2.43 bits per heavy atom. The van der Waals surface area contributed by atoms with Gasteiger partial charge in [-0.05, 0) is 30.7 Å². The summed E-state index contributed by atoms with van der Waals surface area (Å²) in [5.41, 5.74) is 0.945. The van der Waals surface area contributed by atoms with Crippen molar-refractivity contribution in [1.29, 1.82) is 5.26 Å². The van der Waals surface area contributed by atoms with Crippen molar-refractivity contribution in [2.24, 2.45) is 0 Å². The van der Waals surface area contributed by atoms with Crippen molar-refractivity contribution < 1.29 is 8.42 Å². The Kier molecular flexibility index (Phi) is 6.72. The lowest BCUT2D eigenvalue weighted by atomic mass is 10.0. The molecule has 0 radical (unpaired) electrons. The molecule has 0 heterocycles. The molecule has 0 amide bonds. The molecule has 1 aromatic carbocycles. The zero-order valence-electron chi connectivity index (χ0n) is 12.7. The molecule has 0 aliphatic carbocycles. The first-order valence-corrected chi connectivity index (χ1v) is 9.80. The van der Waals surface area contributed by atoms with E-state index in [0.29, 0.717) is 17.7 Å². The van der Waals surface area contributed by atoms with E-state index < -0.39 is 10.0 Å². The number of nitriles is 1. The highest BCUT2D eigenvalue weighted by atomic mass is 32.2. The summed E-state index contributed by atoms with van der Waals surface area (Å²) in [5, 5.41) is 9.02. The summed E-state index contributed by atoms with van der Waals surface area (Å²) in [6.45, 7) is 4.55. The molecule has 1 N–H and O–H groups in total. The van der Waals surface area contributed by atoms with Crippen LogP contribution in [0.4, 0.5) is 0 Å². The van der Waals surface area contributed by atoms with Gasteiger partial charge in [-0.25, -0.2) is 13.1 Å². The molecule has 4 nitrogen and oxygen atoms in total. The molecule has 0 aromatic heterocycles. The number of nitrogens with one attached hydrogen (secondary N) is 1. The molecule has 116 valence electrons. The summed E-state index contributed by atoms with van der Waals surface area (Å²) in [4.78, 5) is 0. The summed E-state index contributed by atoms with van der Waals surface area (Å²) in [6.07, 6.45) is 3.82. The lowest BCUT2D eigenvalue weighted by Gasteiger charge is -2.29. The molecule has 6 heteroatoms. The van der Waals surface area contributed by atoms with Crippen LogP contribution in [0.25, 0.3) is 0 Å². The van der Waals surface area contributed by atoms with Gasteiger partial charge in [0.15, 0.2) is 0 Å². The molecule has 1 rings (SSSR count). The van der Waals surface area contributed by atoms with Crippen molar-refractivity contribution in [2.75, 3.05) is 12.8 Å². The van der Waals surface area contributed by atoms with Gasteiger partial charge in [-0.1, -0.05) is 32.0 Å². The number of rotatable bonds is 8. The van der Waals surface area contributed by atoms with Crippen LogP contribution in [0, 0.1) is 11.3 Å². The van der Waals surface area contributed by atoms with Crippen LogP contribution < -0.4 is 4.72 Å². The molecular weight excluding hydrogens is 304 g/mol. The largest absolute Gasteiger partial charge is 0.215 e. The maximum Gasteiger partial charge on any atom is 0.215 e. The minimum atomic E-state index is -3.45. The molecule has 0 spiro atoms. The smallest absolute Gasteiger partial charge is 0.214 e. The minimum absolute atomic E-state index is 0.0676. The third-order valence-electron chi connectivity index (χ3n) is 3.82. The highest BCUT2D eigenvalue weighted by Crippen LogP contribution is 2.29. The van der Waals surface area contributed by atoms with Crippen LogP contribution in [0.2, 0.25) is 0 Å². The number of hydrogen-bond donors (Lipinski definition) is 1. The molecular formula is C15H22N2O2S2. The summed E-state index contributed by atoms with van der Waals surface area (Å²) >= 11 is 1.69. The second kappa shape index (κ2) is 7.83. The van der Waals surface area contributed by atoms with E-state index in [0.717, 1.165) is 12.8 Å². The number of sulfonamides is 1. The van der Waals surface area contributed by atoms with Crippen molar-refractivity contribution in [2.45, 2.75) is 37.2 Å². The van der Waals surface area contributed by atoms with E-state index in [-0.39, 0.29) is 10.5 Å². The molecule has 0 atom stereocenters. The van der Waals surface area contributed by atoms with Crippen LogP contribution in [0.3, 0.4) is 0 Å². The zero-order valence-corrected chi connectivity index (χ0v) is 14.4. The Balaban J connectivity index is 2.82. The summed E-state index contributed by atoms with van der Waals surface area (Å²) in [5.74, 6) is -0.158. The Morgan fingerprint density at radius 2 is 1.90 bits per heavy atom. The van der Waals surface area contributed by atoms with Gasteiger partial charge in [0, 0.05) is 11.3 Å². The van der Waals surface area contributed by atoms with Crippen LogP contribution in [0.15, 0.2) is 24.3 Å². The lowest BCUT2D eigenvalue weighted by Crippen LogP contribution is -2.40. The average molecular weight is 326 g/mol. The standard InChI is InChI=1S/C15H22N2O2S2/c1-4-15(5-2,20-3)12-17-21(18,19)11-14-9-7-6-8-13(14)10-16/h6-9,17H,4-5,11-12H2,1-3H3. The molecule has 0 saturated carbocycles. The van der Waals surface area contributed by atoms with Crippen molar-refractivity contribution in [3.8, 4) is 6.07 Å². The molecule has 0 bridgehead atoms. The molecule has 0 fully saturated rings. The van der Waals surface area contributed by atoms with Crippen LogP contribution >= 0.6 is 11.8 Å². The summed E-state index contributed by atoms with van der Waals surface area (Å²) in [6, 6.07) is 8.82. The molecule has 21 heavy (non-hydrogen) atoms. The highest BCUT2D eigenvalue weighted by molar-refractivity contribution is 8.00. The second-order valence-electron chi connectivity index (χ2n) is 4.94. The first-order chi connectivity index (χ1) is 9.92. The van der Waals surface area contributed by atoms with E-state index in [4.69, 9.17) is 5.26 Å². The van der Waals surface area contributed by atoms with Crippen LogP contribution in [-0.2, 0) is 15.8 Å². The fourth-order valence-corrected chi connectivity index (χ4v) is 4.26. The quantitative estimate of drug-likeness (QED) is 0.797. The van der Waals surface area contributed by atoms with Crippen molar-refractivity contribution in [3.63, 3.8) is 0 Å². The van der Waals surface area contributed by atoms with Gasteiger partial charge >= 0.3 is 0 Å². The molecule has 0 aliphatic rings. The fourth-order valence-electron chi connectivity index (χ4n) is 2.11. The fraction of sp³-hybridized carbons (Fsp3) is 0.533. The maximum absolute atomic E-state index is 12.2. The Hall–Kier alpha value is -1.03. The predicted molar refractivity (Wildman–Crippen MR) is 88.6 cm³/mol. The van der Waals surface area contributed by atoms with Gasteiger partial charge < -0.3 is 0 Å². The van der Waals surface area contributed by atoms with E-state index in [1.807, 2.05) is 12.3 Å². The monoisotopic (exact) mass is 326 g/mol. The Morgan fingerprint density at radius 1 is 1.29 bits per heavy atom. The van der Waals surface area contributed by atoms with Gasteiger partial charge in [-0.2, -0.15) is 17.0 Å². The predicted octanol–water partition coefficient (Wildman–Crippen LogP) is 2.90. The number of thioether (sulfide) groups is 1. The van der Waals surface area contributed by atoms with Crippen LogP contribution in [0.5, 0.6) is 0 Å². The van der Waals surface area contributed by atoms with Gasteiger partial charge in [0.2, 0.25) is 10.0 Å². The number of benzene rings is 1. The zero-order chi connectivity index (χ0) is 15.9. The van der Waals surface area contributed by atoms with E-state index in [9.17, 15) is 8.42 Å². The normalized spacial score (nSPS) is 12.1. The van der Waals surface area contributed by atoms with E-state index in [1.165, 1.54) is 0 Å². The summed E-state index contributed by atoms with van der Waals surface area (Å²) in [7, 11) is -3.45. The number of nitrogens with zero attached hydrogens (tertiary/aromatic N) is 1. The van der Waals surface area contributed by atoms with E-state index in [2.05, 4.69) is 18.6 Å². The van der Waals surface area contributed by atoms with Gasteiger partial charge in [0.05, 0.1) is 17.4 Å². The van der Waals surface area contributed by atoms with Gasteiger partial charge in [0.1, 0.15) is 0 Å². The molecule has 0 unspecified atom stereocenters. The van der Waals surface area contributed by atoms with Crippen LogP contribution in [-0.4, -0.2) is 26.0 Å². The molecule has 0 saturated heterocycles. The third-order valence-corrected chi connectivity index (χ3v) is 6.68. The van der Waals surface area contributed by atoms with E-state index >= 15 is 0 Å². The third kappa shape index (κ3) is 5.03. The van der Waals surface area contributed by atoms with Gasteiger partial charge in [0.25, 0.3) is 0 Å². The Bertz CT molecular complexity index is 594. The first kappa shape index (κ1) is 18.0.